The maximum Gasteiger partial charge on any atom is 0.271 e. The van der Waals surface area contributed by atoms with E-state index >= 15 is 0 Å². The molecule has 4 aromatic rings. The summed E-state index contributed by atoms with van der Waals surface area (Å²) in [6.07, 6.45) is 2.94. The van der Waals surface area contributed by atoms with Crippen molar-refractivity contribution in [1.82, 2.24) is 14.6 Å². The van der Waals surface area contributed by atoms with Crippen LogP contribution in [0.1, 0.15) is 10.4 Å². The summed E-state index contributed by atoms with van der Waals surface area (Å²) in [6.45, 7) is 0. The highest BCUT2D eigenvalue weighted by Crippen LogP contribution is 2.29. The number of amides is 1. The van der Waals surface area contributed by atoms with Crippen molar-refractivity contribution in [3.05, 3.63) is 69.8 Å². The number of rotatable bonds is 4. The minimum absolute atomic E-state index is 0.0667. The summed E-state index contributed by atoms with van der Waals surface area (Å²) >= 11 is 1.53. The third-order valence-corrected chi connectivity index (χ3v) is 4.75. The van der Waals surface area contributed by atoms with E-state index in [1.807, 2.05) is 17.5 Å². The molecule has 1 amide bonds. The van der Waals surface area contributed by atoms with E-state index in [0.29, 0.717) is 5.65 Å². The molecular weight excluding hydrogens is 370 g/mol. The van der Waals surface area contributed by atoms with Crippen LogP contribution in [0.3, 0.4) is 0 Å². The van der Waals surface area contributed by atoms with Crippen LogP contribution in [-0.2, 0) is 0 Å². The first-order valence-corrected chi connectivity index (χ1v) is 8.58. The number of phenolic OH excluding ortho intramolecular Hbond substituents is 1. The molecule has 0 saturated carbocycles. The van der Waals surface area contributed by atoms with Gasteiger partial charge in [-0.1, -0.05) is 6.07 Å². The first kappa shape index (κ1) is 16.7. The Morgan fingerprint density at radius 2 is 2.15 bits per heavy atom. The number of thiophene rings is 1. The molecule has 27 heavy (non-hydrogen) atoms. The number of nitro groups is 1. The van der Waals surface area contributed by atoms with Crippen LogP contribution < -0.4 is 5.32 Å². The van der Waals surface area contributed by atoms with E-state index in [1.165, 1.54) is 17.5 Å². The van der Waals surface area contributed by atoms with Crippen LogP contribution in [0.4, 0.5) is 11.4 Å². The Morgan fingerprint density at radius 1 is 1.30 bits per heavy atom. The zero-order valence-corrected chi connectivity index (χ0v) is 14.4. The topological polar surface area (TPSA) is 123 Å². The molecule has 1 aromatic carbocycles. The van der Waals surface area contributed by atoms with Gasteiger partial charge in [-0.3, -0.25) is 14.9 Å². The van der Waals surface area contributed by atoms with Crippen LogP contribution >= 0.6 is 11.3 Å². The quantitative estimate of drug-likeness (QED) is 0.318. The lowest BCUT2D eigenvalue weighted by atomic mass is 10.2. The normalized spacial score (nSPS) is 10.8. The van der Waals surface area contributed by atoms with E-state index in [1.54, 1.807) is 16.8 Å². The summed E-state index contributed by atoms with van der Waals surface area (Å²) in [5.74, 6) is -0.866. The van der Waals surface area contributed by atoms with Gasteiger partial charge in [-0.05, 0) is 23.6 Å². The van der Waals surface area contributed by atoms with Gasteiger partial charge >= 0.3 is 0 Å². The summed E-state index contributed by atoms with van der Waals surface area (Å²) in [5, 5.41) is 29.4. The lowest BCUT2D eigenvalue weighted by Gasteiger charge is -2.06. The van der Waals surface area contributed by atoms with Crippen LogP contribution in [0.15, 0.2) is 54.2 Å². The maximum atomic E-state index is 12.6. The summed E-state index contributed by atoms with van der Waals surface area (Å²) in [7, 11) is 0. The Kier molecular flexibility index (Phi) is 4.01. The minimum atomic E-state index is -0.612. The summed E-state index contributed by atoms with van der Waals surface area (Å²) in [6, 6.07) is 9.02. The zero-order valence-electron chi connectivity index (χ0n) is 13.6. The van der Waals surface area contributed by atoms with Gasteiger partial charge in [0.1, 0.15) is 11.3 Å². The molecule has 3 aromatic heterocycles. The third kappa shape index (κ3) is 2.98. The molecule has 0 atom stereocenters. The van der Waals surface area contributed by atoms with E-state index < -0.39 is 10.8 Å². The predicted octanol–water partition coefficient (Wildman–Crippen LogP) is 3.32. The fraction of sp³-hybridized carbons (Fsp3) is 0. The first-order chi connectivity index (χ1) is 13.0. The number of aromatic nitrogens is 3. The number of benzene rings is 1. The SMILES string of the molecule is O=C(Nc1cc([N+](=O)[O-])ccc1O)c1cnn2c(-c3cccs3)ccnc12. The molecule has 0 aliphatic carbocycles. The number of fused-ring (bicyclic) bond motifs is 1. The second-order valence-electron chi connectivity index (χ2n) is 5.51. The van der Waals surface area contributed by atoms with Crippen molar-refractivity contribution >= 4 is 34.3 Å². The Balaban J connectivity index is 1.71. The van der Waals surface area contributed by atoms with Crippen molar-refractivity contribution in [3.8, 4) is 16.3 Å². The Labute approximate surface area is 155 Å². The Bertz CT molecular complexity index is 1170. The van der Waals surface area contributed by atoms with Crippen LogP contribution in [0.5, 0.6) is 5.75 Å². The number of anilines is 1. The minimum Gasteiger partial charge on any atom is -0.506 e. The van der Waals surface area contributed by atoms with E-state index in [-0.39, 0.29) is 22.7 Å². The second-order valence-corrected chi connectivity index (χ2v) is 6.46. The van der Waals surface area contributed by atoms with Crippen LogP contribution in [-0.4, -0.2) is 30.5 Å². The van der Waals surface area contributed by atoms with Crippen molar-refractivity contribution in [2.24, 2.45) is 0 Å². The predicted molar refractivity (Wildman–Crippen MR) is 99.0 cm³/mol. The number of hydrogen-bond donors (Lipinski definition) is 2. The van der Waals surface area contributed by atoms with Crippen molar-refractivity contribution in [3.63, 3.8) is 0 Å². The first-order valence-electron chi connectivity index (χ1n) is 7.70. The van der Waals surface area contributed by atoms with E-state index in [4.69, 9.17) is 0 Å². The van der Waals surface area contributed by atoms with E-state index in [9.17, 15) is 20.0 Å². The molecule has 4 rings (SSSR count). The zero-order chi connectivity index (χ0) is 19.0. The van der Waals surface area contributed by atoms with Gasteiger partial charge in [-0.2, -0.15) is 5.10 Å². The van der Waals surface area contributed by atoms with Gasteiger partial charge in [-0.15, -0.1) is 11.3 Å². The highest BCUT2D eigenvalue weighted by Gasteiger charge is 2.19. The smallest absolute Gasteiger partial charge is 0.271 e. The second kappa shape index (κ2) is 6.50. The number of carbonyl (C=O) groups excluding carboxylic acids is 1. The summed E-state index contributed by atoms with van der Waals surface area (Å²) in [5.41, 5.74) is 0.985. The van der Waals surface area contributed by atoms with E-state index in [0.717, 1.165) is 28.8 Å². The lowest BCUT2D eigenvalue weighted by molar-refractivity contribution is -0.384. The highest BCUT2D eigenvalue weighted by molar-refractivity contribution is 7.13. The van der Waals surface area contributed by atoms with Crippen LogP contribution in [0, 0.1) is 10.1 Å². The molecule has 2 N–H and O–H groups in total. The highest BCUT2D eigenvalue weighted by atomic mass is 32.1. The summed E-state index contributed by atoms with van der Waals surface area (Å²) in [4.78, 5) is 28.1. The van der Waals surface area contributed by atoms with Gasteiger partial charge in [0, 0.05) is 18.3 Å². The van der Waals surface area contributed by atoms with Gasteiger partial charge in [0.25, 0.3) is 11.6 Å². The van der Waals surface area contributed by atoms with Gasteiger partial charge in [0.15, 0.2) is 5.65 Å². The molecule has 0 radical (unpaired) electrons. The van der Waals surface area contributed by atoms with Gasteiger partial charge in [0.2, 0.25) is 0 Å². The van der Waals surface area contributed by atoms with Crippen LogP contribution in [0.25, 0.3) is 16.2 Å². The van der Waals surface area contributed by atoms with E-state index in [2.05, 4.69) is 15.4 Å². The standard InChI is InChI=1S/C17H11N5O4S/c23-14-4-3-10(22(25)26)8-12(14)20-17(24)11-9-19-21-13(5-6-18-16(11)21)15-2-1-7-27-15/h1-9,23H,(H,20,24). The number of hydrogen-bond acceptors (Lipinski definition) is 7. The van der Waals surface area contributed by atoms with Gasteiger partial charge in [0.05, 0.1) is 27.4 Å². The summed E-state index contributed by atoms with van der Waals surface area (Å²) < 4.78 is 1.55. The largest absolute Gasteiger partial charge is 0.506 e. The number of nitro benzene ring substituents is 1. The number of aromatic hydroxyl groups is 1. The molecule has 3 heterocycles. The van der Waals surface area contributed by atoms with Gasteiger partial charge in [-0.25, -0.2) is 9.50 Å². The molecule has 134 valence electrons. The van der Waals surface area contributed by atoms with Gasteiger partial charge < -0.3 is 10.4 Å². The number of phenols is 1. The molecule has 0 unspecified atom stereocenters. The van der Waals surface area contributed by atoms with Crippen LogP contribution in [0.2, 0.25) is 0 Å². The van der Waals surface area contributed by atoms with Crippen molar-refractivity contribution < 1.29 is 14.8 Å². The molecule has 0 aliphatic heterocycles. The molecular formula is C17H11N5O4S. The molecule has 0 aliphatic rings. The fourth-order valence-corrected chi connectivity index (χ4v) is 3.33. The third-order valence-electron chi connectivity index (χ3n) is 3.86. The van der Waals surface area contributed by atoms with Crippen molar-refractivity contribution in [2.45, 2.75) is 0 Å². The maximum absolute atomic E-state index is 12.6. The van der Waals surface area contributed by atoms with Crippen molar-refractivity contribution in [2.75, 3.05) is 5.32 Å². The molecule has 0 bridgehead atoms. The molecule has 9 nitrogen and oxygen atoms in total. The van der Waals surface area contributed by atoms with Crippen molar-refractivity contribution in [1.29, 1.82) is 0 Å². The molecule has 0 saturated heterocycles. The fourth-order valence-electron chi connectivity index (χ4n) is 2.59. The Hall–Kier alpha value is -3.79. The molecule has 10 heteroatoms. The average Bonchev–Trinajstić information content (AvgIpc) is 3.32. The number of nitrogens with zero attached hydrogens (tertiary/aromatic N) is 4. The monoisotopic (exact) mass is 381 g/mol. The lowest BCUT2D eigenvalue weighted by Crippen LogP contribution is -2.12. The number of non-ortho nitro benzene ring substituents is 1. The molecule has 0 spiro atoms. The average molecular weight is 381 g/mol. The number of nitrogens with one attached hydrogen (secondary N) is 1. The number of carbonyl (C=O) groups is 1. The Morgan fingerprint density at radius 3 is 2.89 bits per heavy atom. The molecule has 0 fully saturated rings.